The number of rotatable bonds is 4. The van der Waals surface area contributed by atoms with E-state index in [0.717, 1.165) is 6.54 Å². The molecule has 0 radical (unpaired) electrons. The molecule has 1 fully saturated rings. The van der Waals surface area contributed by atoms with E-state index < -0.39 is 0 Å². The third-order valence-corrected chi connectivity index (χ3v) is 3.14. The Morgan fingerprint density at radius 3 is 2.50 bits per heavy atom. The Kier molecular flexibility index (Phi) is 10.1. The van der Waals surface area contributed by atoms with E-state index in [4.69, 9.17) is 4.74 Å². The summed E-state index contributed by atoms with van der Waals surface area (Å²) in [5.74, 6) is 0.0228. The lowest BCUT2D eigenvalue weighted by molar-refractivity contribution is -0.126. The number of nitrogens with one attached hydrogen (secondary N) is 2. The highest BCUT2D eigenvalue weighted by atomic mass is 35.5. The standard InChI is InChI=1S/C11H23N3O2.2ClH/c1-11(2,14(3)4)8-13-10(15)9-7-16-6-5-12-9;;/h9,12H,5-8H2,1-4H3,(H,13,15);2*1H. The highest BCUT2D eigenvalue weighted by molar-refractivity contribution is 5.85. The number of nitrogens with zero attached hydrogens (tertiary/aromatic N) is 1. The molecule has 1 atom stereocenters. The van der Waals surface area contributed by atoms with Gasteiger partial charge in [0.05, 0.1) is 13.2 Å². The molecule has 0 aromatic carbocycles. The van der Waals surface area contributed by atoms with Crippen LogP contribution in [0.25, 0.3) is 0 Å². The topological polar surface area (TPSA) is 53.6 Å². The average molecular weight is 302 g/mol. The highest BCUT2D eigenvalue weighted by Gasteiger charge is 2.25. The predicted molar refractivity (Wildman–Crippen MR) is 77.9 cm³/mol. The zero-order chi connectivity index (χ0) is 12.2. The van der Waals surface area contributed by atoms with Gasteiger partial charge >= 0.3 is 0 Å². The van der Waals surface area contributed by atoms with Crippen LogP contribution in [0.2, 0.25) is 0 Å². The molecule has 110 valence electrons. The summed E-state index contributed by atoms with van der Waals surface area (Å²) in [5, 5.41) is 6.08. The van der Waals surface area contributed by atoms with Crippen LogP contribution in [0.3, 0.4) is 0 Å². The summed E-state index contributed by atoms with van der Waals surface area (Å²) in [6.45, 7) is 6.73. The van der Waals surface area contributed by atoms with Crippen LogP contribution >= 0.6 is 24.8 Å². The fraction of sp³-hybridized carbons (Fsp3) is 0.909. The number of likely N-dealkylation sites (N-methyl/N-ethyl adjacent to an activating group) is 1. The summed E-state index contributed by atoms with van der Waals surface area (Å²) >= 11 is 0. The maximum Gasteiger partial charge on any atom is 0.239 e. The quantitative estimate of drug-likeness (QED) is 0.783. The minimum atomic E-state index is -0.202. The molecule has 18 heavy (non-hydrogen) atoms. The zero-order valence-electron chi connectivity index (χ0n) is 11.5. The van der Waals surface area contributed by atoms with Gasteiger partial charge in [0.25, 0.3) is 0 Å². The largest absolute Gasteiger partial charge is 0.378 e. The molecule has 1 aliphatic rings. The molecule has 0 bridgehead atoms. The van der Waals surface area contributed by atoms with Crippen LogP contribution in [-0.2, 0) is 9.53 Å². The normalized spacial score (nSPS) is 19.7. The van der Waals surface area contributed by atoms with E-state index in [-0.39, 0.29) is 42.3 Å². The molecule has 0 spiro atoms. The molecule has 1 amide bonds. The lowest BCUT2D eigenvalue weighted by atomic mass is 10.0. The second kappa shape index (κ2) is 8.93. The fourth-order valence-electron chi connectivity index (χ4n) is 1.32. The Balaban J connectivity index is 0. The Bertz CT molecular complexity index is 244. The van der Waals surface area contributed by atoms with Crippen molar-refractivity contribution < 1.29 is 9.53 Å². The maximum absolute atomic E-state index is 11.8. The molecule has 0 aromatic rings. The number of hydrogen-bond donors (Lipinski definition) is 2. The van der Waals surface area contributed by atoms with Crippen molar-refractivity contribution >= 4 is 30.7 Å². The van der Waals surface area contributed by atoms with Gasteiger partial charge in [-0.25, -0.2) is 0 Å². The molecule has 7 heteroatoms. The third kappa shape index (κ3) is 6.20. The Hall–Kier alpha value is -0.0700. The lowest BCUT2D eigenvalue weighted by Gasteiger charge is -2.33. The van der Waals surface area contributed by atoms with Gasteiger partial charge in [0.2, 0.25) is 5.91 Å². The predicted octanol–water partition coefficient (Wildman–Crippen LogP) is 0.275. The maximum atomic E-state index is 11.8. The second-order valence-corrected chi connectivity index (χ2v) is 5.01. The van der Waals surface area contributed by atoms with Crippen molar-refractivity contribution in [1.82, 2.24) is 15.5 Å². The van der Waals surface area contributed by atoms with Crippen LogP contribution in [0.4, 0.5) is 0 Å². The molecular weight excluding hydrogens is 277 g/mol. The Labute approximate surface area is 122 Å². The number of amides is 1. The van der Waals surface area contributed by atoms with Crippen LogP contribution in [0.5, 0.6) is 0 Å². The number of morpholine rings is 1. The van der Waals surface area contributed by atoms with Gasteiger partial charge in [-0.3, -0.25) is 4.79 Å². The fourth-order valence-corrected chi connectivity index (χ4v) is 1.32. The van der Waals surface area contributed by atoms with Gasteiger partial charge < -0.3 is 20.3 Å². The number of halogens is 2. The molecule has 2 N–H and O–H groups in total. The van der Waals surface area contributed by atoms with Crippen molar-refractivity contribution in [3.63, 3.8) is 0 Å². The smallest absolute Gasteiger partial charge is 0.239 e. The summed E-state index contributed by atoms with van der Waals surface area (Å²) in [7, 11) is 4.02. The van der Waals surface area contributed by atoms with Gasteiger partial charge in [0, 0.05) is 18.6 Å². The molecule has 0 aliphatic carbocycles. The first kappa shape index (κ1) is 20.3. The van der Waals surface area contributed by atoms with Gasteiger partial charge in [-0.1, -0.05) is 0 Å². The van der Waals surface area contributed by atoms with E-state index in [1.54, 1.807) is 0 Å². The van der Waals surface area contributed by atoms with E-state index in [0.29, 0.717) is 19.8 Å². The Morgan fingerprint density at radius 2 is 2.06 bits per heavy atom. The summed E-state index contributed by atoms with van der Waals surface area (Å²) in [5.41, 5.74) is -0.0365. The molecule has 1 rings (SSSR count). The van der Waals surface area contributed by atoms with E-state index in [2.05, 4.69) is 29.4 Å². The second-order valence-electron chi connectivity index (χ2n) is 5.01. The number of carbonyl (C=O) groups is 1. The van der Waals surface area contributed by atoms with Gasteiger partial charge in [-0.15, -0.1) is 24.8 Å². The molecule has 5 nitrogen and oxygen atoms in total. The molecule has 1 unspecified atom stereocenters. The van der Waals surface area contributed by atoms with Crippen molar-refractivity contribution in [1.29, 1.82) is 0 Å². The summed E-state index contributed by atoms with van der Waals surface area (Å²) < 4.78 is 5.25. The van der Waals surface area contributed by atoms with Gasteiger partial charge in [-0.05, 0) is 27.9 Å². The van der Waals surface area contributed by atoms with Crippen molar-refractivity contribution in [2.24, 2.45) is 0 Å². The van der Waals surface area contributed by atoms with Crippen LogP contribution in [0.15, 0.2) is 0 Å². The molecule has 1 saturated heterocycles. The molecule has 1 heterocycles. The SMILES string of the molecule is CN(C)C(C)(C)CNC(=O)C1COCCN1.Cl.Cl. The third-order valence-electron chi connectivity index (χ3n) is 3.14. The van der Waals surface area contributed by atoms with Crippen molar-refractivity contribution in [3.05, 3.63) is 0 Å². The van der Waals surface area contributed by atoms with E-state index in [9.17, 15) is 4.79 Å². The molecule has 1 aliphatic heterocycles. The van der Waals surface area contributed by atoms with Crippen LogP contribution in [0.1, 0.15) is 13.8 Å². The lowest BCUT2D eigenvalue weighted by Crippen LogP contribution is -2.55. The van der Waals surface area contributed by atoms with Gasteiger partial charge in [0.1, 0.15) is 6.04 Å². The highest BCUT2D eigenvalue weighted by Crippen LogP contribution is 2.07. The van der Waals surface area contributed by atoms with Crippen molar-refractivity contribution in [2.45, 2.75) is 25.4 Å². The number of ether oxygens (including phenoxy) is 1. The summed E-state index contributed by atoms with van der Waals surface area (Å²) in [4.78, 5) is 13.9. The molecule has 0 aromatic heterocycles. The van der Waals surface area contributed by atoms with Crippen molar-refractivity contribution in [3.8, 4) is 0 Å². The van der Waals surface area contributed by atoms with Crippen LogP contribution in [0, 0.1) is 0 Å². The number of hydrogen-bond acceptors (Lipinski definition) is 4. The van der Waals surface area contributed by atoms with Gasteiger partial charge in [-0.2, -0.15) is 0 Å². The van der Waals surface area contributed by atoms with Crippen LogP contribution < -0.4 is 10.6 Å². The minimum absolute atomic E-state index is 0. The van der Waals surface area contributed by atoms with Crippen molar-refractivity contribution in [2.75, 3.05) is 40.4 Å². The first-order chi connectivity index (χ1) is 7.43. The van der Waals surface area contributed by atoms with E-state index in [1.165, 1.54) is 0 Å². The number of carbonyl (C=O) groups excluding carboxylic acids is 1. The summed E-state index contributed by atoms with van der Waals surface area (Å²) in [6, 6.07) is -0.202. The zero-order valence-corrected chi connectivity index (χ0v) is 13.1. The average Bonchev–Trinajstić information content (AvgIpc) is 2.27. The van der Waals surface area contributed by atoms with E-state index >= 15 is 0 Å². The first-order valence-electron chi connectivity index (χ1n) is 5.70. The Morgan fingerprint density at radius 1 is 1.44 bits per heavy atom. The monoisotopic (exact) mass is 301 g/mol. The summed E-state index contributed by atoms with van der Waals surface area (Å²) in [6.07, 6.45) is 0. The molecule has 0 saturated carbocycles. The van der Waals surface area contributed by atoms with Crippen LogP contribution in [-0.4, -0.2) is 62.8 Å². The first-order valence-corrected chi connectivity index (χ1v) is 5.70. The van der Waals surface area contributed by atoms with E-state index in [1.807, 2.05) is 14.1 Å². The van der Waals surface area contributed by atoms with Gasteiger partial charge in [0.15, 0.2) is 0 Å². The minimum Gasteiger partial charge on any atom is -0.378 e. The molecular formula is C11H25Cl2N3O2.